The van der Waals surface area contributed by atoms with Crippen LogP contribution in [0.3, 0.4) is 0 Å². The highest BCUT2D eigenvalue weighted by Crippen LogP contribution is 2.23. The molecule has 0 bridgehead atoms. The van der Waals surface area contributed by atoms with Gasteiger partial charge in [0, 0.05) is 39.3 Å². The van der Waals surface area contributed by atoms with Gasteiger partial charge in [-0.1, -0.05) is 38.1 Å². The third-order valence-corrected chi connectivity index (χ3v) is 4.78. The van der Waals surface area contributed by atoms with Crippen molar-refractivity contribution in [3.8, 4) is 0 Å². The minimum absolute atomic E-state index is 0. The first-order chi connectivity index (χ1) is 12.2. The molecule has 1 atom stereocenters. The van der Waals surface area contributed by atoms with Gasteiger partial charge in [-0.3, -0.25) is 9.89 Å². The second-order valence-corrected chi connectivity index (χ2v) is 6.94. The topological polar surface area (TPSA) is 48.9 Å². The van der Waals surface area contributed by atoms with Crippen LogP contribution in [0.5, 0.6) is 0 Å². The quantitative estimate of drug-likeness (QED) is 0.263. The second-order valence-electron chi connectivity index (χ2n) is 6.94. The highest BCUT2D eigenvalue weighted by molar-refractivity contribution is 14.0. The Kier molecular flexibility index (Phi) is 11.2. The van der Waals surface area contributed by atoms with Crippen molar-refractivity contribution in [3.05, 3.63) is 35.4 Å². The molecule has 0 saturated carbocycles. The fourth-order valence-corrected chi connectivity index (χ4v) is 3.35. The van der Waals surface area contributed by atoms with Crippen molar-refractivity contribution in [2.24, 2.45) is 10.9 Å². The lowest BCUT2D eigenvalue weighted by molar-refractivity contribution is 0.144. The summed E-state index contributed by atoms with van der Waals surface area (Å²) in [6.07, 6.45) is 1.13. The van der Waals surface area contributed by atoms with Crippen LogP contribution in [0.15, 0.2) is 29.3 Å². The molecule has 1 aliphatic heterocycles. The molecular weight excluding hydrogens is 439 g/mol. The van der Waals surface area contributed by atoms with Crippen molar-refractivity contribution in [3.63, 3.8) is 0 Å². The number of rotatable bonds is 8. The molecule has 5 nitrogen and oxygen atoms in total. The molecule has 0 spiro atoms. The van der Waals surface area contributed by atoms with Crippen LogP contribution in [0.4, 0.5) is 0 Å². The van der Waals surface area contributed by atoms with E-state index in [2.05, 4.69) is 60.6 Å². The molecule has 26 heavy (non-hydrogen) atoms. The Hall–Kier alpha value is -0.860. The molecule has 1 heterocycles. The molecule has 6 heteroatoms. The molecule has 0 aliphatic carbocycles. The molecule has 2 N–H and O–H groups in total. The fourth-order valence-electron chi connectivity index (χ4n) is 3.35. The van der Waals surface area contributed by atoms with Crippen LogP contribution in [-0.2, 0) is 17.7 Å². The summed E-state index contributed by atoms with van der Waals surface area (Å²) in [7, 11) is 1.72. The number of guanidine groups is 1. The molecule has 0 aromatic heterocycles. The van der Waals surface area contributed by atoms with Crippen molar-refractivity contribution in [2.45, 2.75) is 39.8 Å². The highest BCUT2D eigenvalue weighted by Gasteiger charge is 2.25. The molecule has 0 fully saturated rings. The van der Waals surface area contributed by atoms with E-state index >= 15 is 0 Å². The van der Waals surface area contributed by atoms with Gasteiger partial charge >= 0.3 is 0 Å². The Balaban J connectivity index is 0.00000338. The monoisotopic (exact) mass is 474 g/mol. The number of ether oxygens (including phenoxy) is 1. The van der Waals surface area contributed by atoms with E-state index in [1.807, 2.05) is 0 Å². The zero-order valence-corrected chi connectivity index (χ0v) is 19.0. The molecule has 0 radical (unpaired) electrons. The third kappa shape index (κ3) is 7.04. The predicted octanol–water partition coefficient (Wildman–Crippen LogP) is 2.89. The Morgan fingerprint density at radius 2 is 1.96 bits per heavy atom. The molecule has 0 amide bonds. The summed E-state index contributed by atoms with van der Waals surface area (Å²) in [5, 5.41) is 6.65. The van der Waals surface area contributed by atoms with Crippen LogP contribution < -0.4 is 10.6 Å². The van der Waals surface area contributed by atoms with Gasteiger partial charge in [-0.25, -0.2) is 0 Å². The number of methoxy groups -OCH3 is 1. The Bertz CT molecular complexity index is 550. The lowest BCUT2D eigenvalue weighted by Gasteiger charge is -2.37. The summed E-state index contributed by atoms with van der Waals surface area (Å²) in [6.45, 7) is 12.0. The molecule has 1 aromatic rings. The van der Waals surface area contributed by atoms with E-state index in [0.717, 1.165) is 45.1 Å². The first kappa shape index (κ1) is 23.2. The lowest BCUT2D eigenvalue weighted by atomic mass is 9.95. The zero-order valence-electron chi connectivity index (χ0n) is 16.6. The summed E-state index contributed by atoms with van der Waals surface area (Å²) < 4.78 is 5.11. The van der Waals surface area contributed by atoms with Gasteiger partial charge < -0.3 is 15.4 Å². The summed E-state index contributed by atoms with van der Waals surface area (Å²) in [4.78, 5) is 7.43. The number of fused-ring (bicyclic) bond motifs is 1. The summed E-state index contributed by atoms with van der Waals surface area (Å²) in [6, 6.07) is 9.27. The van der Waals surface area contributed by atoms with Gasteiger partial charge in [-0.15, -0.1) is 24.0 Å². The minimum Gasteiger partial charge on any atom is -0.383 e. The van der Waals surface area contributed by atoms with E-state index < -0.39 is 0 Å². The molecule has 0 saturated heterocycles. The van der Waals surface area contributed by atoms with E-state index in [0.29, 0.717) is 18.6 Å². The maximum Gasteiger partial charge on any atom is 0.191 e. The first-order valence-corrected chi connectivity index (χ1v) is 9.47. The lowest BCUT2D eigenvalue weighted by Crippen LogP contribution is -2.45. The van der Waals surface area contributed by atoms with Crippen LogP contribution in [-0.4, -0.2) is 56.8 Å². The van der Waals surface area contributed by atoms with Gasteiger partial charge in [0.15, 0.2) is 5.96 Å². The number of aliphatic imine (C=N–C) groups is 1. The van der Waals surface area contributed by atoms with Gasteiger partial charge in [-0.2, -0.15) is 0 Å². The number of nitrogens with zero attached hydrogens (tertiary/aromatic N) is 2. The molecular formula is C20H35IN4O. The normalized spacial score (nSPS) is 16.0. The number of hydrogen-bond donors (Lipinski definition) is 2. The van der Waals surface area contributed by atoms with E-state index in [9.17, 15) is 0 Å². The molecule has 1 unspecified atom stereocenters. The molecule has 2 rings (SSSR count). The van der Waals surface area contributed by atoms with Crippen LogP contribution in [0.2, 0.25) is 0 Å². The van der Waals surface area contributed by atoms with Crippen molar-refractivity contribution >= 4 is 29.9 Å². The number of benzene rings is 1. The average molecular weight is 474 g/mol. The largest absolute Gasteiger partial charge is 0.383 e. The van der Waals surface area contributed by atoms with Crippen LogP contribution in [0, 0.1) is 5.92 Å². The number of nitrogens with one attached hydrogen (secondary N) is 2. The SMILES string of the molecule is CCNC(=NCC(C(C)C)N1CCc2ccccc2C1)NCCOC.I. The summed E-state index contributed by atoms with van der Waals surface area (Å²) in [5.41, 5.74) is 2.97. The summed E-state index contributed by atoms with van der Waals surface area (Å²) >= 11 is 0. The van der Waals surface area contributed by atoms with Crippen molar-refractivity contribution < 1.29 is 4.74 Å². The minimum atomic E-state index is 0. The van der Waals surface area contributed by atoms with Crippen LogP contribution in [0.1, 0.15) is 31.9 Å². The van der Waals surface area contributed by atoms with Gasteiger partial charge in [0.1, 0.15) is 0 Å². The van der Waals surface area contributed by atoms with Crippen LogP contribution >= 0.6 is 24.0 Å². The highest BCUT2D eigenvalue weighted by atomic mass is 127. The predicted molar refractivity (Wildman–Crippen MR) is 120 cm³/mol. The second kappa shape index (κ2) is 12.5. The first-order valence-electron chi connectivity index (χ1n) is 9.47. The molecule has 1 aromatic carbocycles. The van der Waals surface area contributed by atoms with Gasteiger partial charge in [0.2, 0.25) is 0 Å². The van der Waals surface area contributed by atoms with E-state index in [1.165, 1.54) is 11.1 Å². The maximum absolute atomic E-state index is 5.11. The standard InChI is InChI=1S/C20H34N4O.HI/c1-5-21-20(22-11-13-25-4)23-14-19(16(2)3)24-12-10-17-8-6-7-9-18(17)15-24;/h6-9,16,19H,5,10-15H2,1-4H3,(H2,21,22,23);1H. The molecule has 1 aliphatic rings. The Morgan fingerprint density at radius 3 is 2.62 bits per heavy atom. The van der Waals surface area contributed by atoms with Gasteiger partial charge in [0.25, 0.3) is 0 Å². The molecule has 148 valence electrons. The Labute approximate surface area is 176 Å². The van der Waals surface area contributed by atoms with Crippen molar-refractivity contribution in [2.75, 3.05) is 39.9 Å². The van der Waals surface area contributed by atoms with Gasteiger partial charge in [-0.05, 0) is 30.4 Å². The fraction of sp³-hybridized carbons (Fsp3) is 0.650. The van der Waals surface area contributed by atoms with E-state index in [4.69, 9.17) is 9.73 Å². The Morgan fingerprint density at radius 1 is 1.23 bits per heavy atom. The number of halogens is 1. The van der Waals surface area contributed by atoms with Gasteiger partial charge in [0.05, 0.1) is 13.2 Å². The van der Waals surface area contributed by atoms with Crippen molar-refractivity contribution in [1.29, 1.82) is 0 Å². The average Bonchev–Trinajstić information content (AvgIpc) is 2.61. The van der Waals surface area contributed by atoms with E-state index in [1.54, 1.807) is 7.11 Å². The maximum atomic E-state index is 5.11. The third-order valence-electron chi connectivity index (χ3n) is 4.78. The number of hydrogen-bond acceptors (Lipinski definition) is 3. The van der Waals surface area contributed by atoms with Crippen LogP contribution in [0.25, 0.3) is 0 Å². The summed E-state index contributed by atoms with van der Waals surface area (Å²) in [5.74, 6) is 1.44. The van der Waals surface area contributed by atoms with E-state index in [-0.39, 0.29) is 24.0 Å². The smallest absolute Gasteiger partial charge is 0.191 e. The zero-order chi connectivity index (χ0) is 18.1. The van der Waals surface area contributed by atoms with Crippen molar-refractivity contribution in [1.82, 2.24) is 15.5 Å².